The summed E-state index contributed by atoms with van der Waals surface area (Å²) in [5.41, 5.74) is -0.461. The molecule has 1 fully saturated rings. The first-order chi connectivity index (χ1) is 15.5. The van der Waals surface area contributed by atoms with Crippen LogP contribution >= 0.6 is 0 Å². The summed E-state index contributed by atoms with van der Waals surface area (Å²) in [6.07, 6.45) is -2.67. The van der Waals surface area contributed by atoms with Crippen molar-refractivity contribution in [2.24, 2.45) is 11.8 Å². The van der Waals surface area contributed by atoms with Crippen LogP contribution in [-0.4, -0.2) is 45.4 Å². The number of anilines is 1. The normalized spacial score (nSPS) is 17.3. The molecule has 11 heteroatoms. The molecule has 1 aromatic heterocycles. The summed E-state index contributed by atoms with van der Waals surface area (Å²) < 4.78 is 38.9. The maximum Gasteiger partial charge on any atom is 0.416 e. The molecule has 2 unspecified atom stereocenters. The molecule has 33 heavy (non-hydrogen) atoms. The zero-order valence-corrected chi connectivity index (χ0v) is 18.3. The van der Waals surface area contributed by atoms with E-state index in [-0.39, 0.29) is 31.3 Å². The molecular formula is C22H26F3N5O3. The number of H-pyrrole nitrogens is 1. The second-order valence-corrected chi connectivity index (χ2v) is 8.52. The number of nitrogens with one attached hydrogen (secondary N) is 3. The summed E-state index contributed by atoms with van der Waals surface area (Å²) >= 11 is 0. The Bertz CT molecular complexity index is 991. The minimum atomic E-state index is -4.48. The number of halogens is 3. The molecule has 1 saturated heterocycles. The molecule has 3 amide bonds. The fourth-order valence-corrected chi connectivity index (χ4v) is 3.70. The lowest BCUT2D eigenvalue weighted by Crippen LogP contribution is -2.47. The Labute approximate surface area is 188 Å². The maximum atomic E-state index is 13.0. The molecule has 1 aliphatic heterocycles. The molecular weight excluding hydrogens is 439 g/mol. The van der Waals surface area contributed by atoms with Crippen molar-refractivity contribution < 1.29 is 27.6 Å². The van der Waals surface area contributed by atoms with Gasteiger partial charge in [-0.3, -0.25) is 19.5 Å². The minimum absolute atomic E-state index is 0.0255. The lowest BCUT2D eigenvalue weighted by Gasteiger charge is -2.22. The van der Waals surface area contributed by atoms with Crippen LogP contribution in [0.25, 0.3) is 0 Å². The quantitative estimate of drug-likeness (QED) is 0.557. The highest BCUT2D eigenvalue weighted by molar-refractivity contribution is 5.97. The Morgan fingerprint density at radius 2 is 2.03 bits per heavy atom. The van der Waals surface area contributed by atoms with E-state index >= 15 is 0 Å². The summed E-state index contributed by atoms with van der Waals surface area (Å²) in [7, 11) is 0. The van der Waals surface area contributed by atoms with Crippen LogP contribution < -0.4 is 10.6 Å². The van der Waals surface area contributed by atoms with Gasteiger partial charge in [0.15, 0.2) is 0 Å². The number of amides is 3. The van der Waals surface area contributed by atoms with Gasteiger partial charge in [-0.1, -0.05) is 26.0 Å². The van der Waals surface area contributed by atoms with Crippen LogP contribution in [0.15, 0.2) is 36.5 Å². The first-order valence-corrected chi connectivity index (χ1v) is 10.6. The average molecular weight is 465 g/mol. The third kappa shape index (κ3) is 6.56. The van der Waals surface area contributed by atoms with E-state index in [1.165, 1.54) is 23.2 Å². The number of carbonyl (C=O) groups is 3. The Morgan fingerprint density at radius 3 is 2.67 bits per heavy atom. The van der Waals surface area contributed by atoms with Crippen LogP contribution in [-0.2, 0) is 27.1 Å². The van der Waals surface area contributed by atoms with Crippen molar-refractivity contribution in [2.45, 2.75) is 45.5 Å². The average Bonchev–Trinajstić information content (AvgIpc) is 3.36. The van der Waals surface area contributed by atoms with Gasteiger partial charge in [0.25, 0.3) is 0 Å². The fourth-order valence-electron chi connectivity index (χ4n) is 3.70. The number of carbonyl (C=O) groups excluding carboxylic acids is 3. The number of nitrogens with zero attached hydrogens (tertiary/aromatic N) is 2. The molecule has 0 saturated carbocycles. The van der Waals surface area contributed by atoms with E-state index in [0.717, 1.165) is 12.1 Å². The Kier molecular flexibility index (Phi) is 7.39. The van der Waals surface area contributed by atoms with Gasteiger partial charge in [-0.25, -0.2) is 0 Å². The smallest absolute Gasteiger partial charge is 0.344 e. The van der Waals surface area contributed by atoms with Gasteiger partial charge in [0.1, 0.15) is 11.9 Å². The number of benzene rings is 1. The van der Waals surface area contributed by atoms with Crippen molar-refractivity contribution in [1.29, 1.82) is 0 Å². The predicted molar refractivity (Wildman–Crippen MR) is 114 cm³/mol. The second kappa shape index (κ2) is 10.1. The lowest BCUT2D eigenvalue weighted by molar-refractivity contribution is -0.137. The molecule has 0 radical (unpaired) electrons. The van der Waals surface area contributed by atoms with Crippen LogP contribution in [0.5, 0.6) is 0 Å². The maximum absolute atomic E-state index is 13.0. The van der Waals surface area contributed by atoms with E-state index in [1.807, 2.05) is 13.8 Å². The highest BCUT2D eigenvalue weighted by Gasteiger charge is 2.36. The number of alkyl halides is 3. The fraction of sp³-hybridized carbons (Fsp3) is 0.455. The van der Waals surface area contributed by atoms with E-state index in [2.05, 4.69) is 20.8 Å². The summed E-state index contributed by atoms with van der Waals surface area (Å²) in [4.78, 5) is 39.3. The van der Waals surface area contributed by atoms with Crippen LogP contribution in [0.4, 0.5) is 19.0 Å². The molecule has 8 nitrogen and oxygen atoms in total. The van der Waals surface area contributed by atoms with Crippen molar-refractivity contribution in [1.82, 2.24) is 20.4 Å². The molecule has 0 aliphatic carbocycles. The van der Waals surface area contributed by atoms with Gasteiger partial charge < -0.3 is 15.5 Å². The zero-order chi connectivity index (χ0) is 24.2. The molecule has 1 aromatic carbocycles. The molecule has 3 rings (SSSR count). The van der Waals surface area contributed by atoms with E-state index in [9.17, 15) is 27.6 Å². The molecule has 178 valence electrons. The highest BCUT2D eigenvalue weighted by atomic mass is 19.4. The van der Waals surface area contributed by atoms with Crippen molar-refractivity contribution in [3.63, 3.8) is 0 Å². The SMILES string of the molecule is CC(C)CC(NC(=O)C1CC(=O)N(Cc2cccc(C(F)(F)F)c2)C1)C(=O)Nc1ccn[nH]1. The summed E-state index contributed by atoms with van der Waals surface area (Å²) in [5.74, 6) is -1.36. The first kappa shape index (κ1) is 24.3. The summed E-state index contributed by atoms with van der Waals surface area (Å²) in [6, 6.07) is 5.53. The largest absolute Gasteiger partial charge is 0.416 e. The van der Waals surface area contributed by atoms with Crippen LogP contribution in [0.1, 0.15) is 37.8 Å². The van der Waals surface area contributed by atoms with E-state index in [0.29, 0.717) is 17.8 Å². The predicted octanol–water partition coefficient (Wildman–Crippen LogP) is 2.95. The lowest BCUT2D eigenvalue weighted by atomic mass is 10.0. The second-order valence-electron chi connectivity index (χ2n) is 8.52. The first-order valence-electron chi connectivity index (χ1n) is 10.6. The highest BCUT2D eigenvalue weighted by Crippen LogP contribution is 2.30. The van der Waals surface area contributed by atoms with Crippen LogP contribution in [0.2, 0.25) is 0 Å². The molecule has 1 aliphatic rings. The van der Waals surface area contributed by atoms with Gasteiger partial charge in [0, 0.05) is 25.6 Å². The number of rotatable bonds is 8. The van der Waals surface area contributed by atoms with E-state index < -0.39 is 35.5 Å². The van der Waals surface area contributed by atoms with Gasteiger partial charge in [0.05, 0.1) is 17.7 Å². The standard InChI is InChI=1S/C22H26F3N5O3/c1-13(2)8-17(21(33)28-18-6-7-26-29-18)27-20(32)15-10-19(31)30(12-15)11-14-4-3-5-16(9-14)22(23,24)25/h3-7,9,13,15,17H,8,10-12H2,1-2H3,(H,27,32)(H2,26,28,29,33). The number of aromatic nitrogens is 2. The Hall–Kier alpha value is -3.37. The molecule has 2 heterocycles. The number of aromatic amines is 1. The van der Waals surface area contributed by atoms with E-state index in [1.54, 1.807) is 6.07 Å². The molecule has 2 aromatic rings. The Morgan fingerprint density at radius 1 is 1.27 bits per heavy atom. The van der Waals surface area contributed by atoms with Crippen molar-refractivity contribution in [3.8, 4) is 0 Å². The number of hydrogen-bond donors (Lipinski definition) is 3. The number of likely N-dealkylation sites (tertiary alicyclic amines) is 1. The van der Waals surface area contributed by atoms with Gasteiger partial charge in [-0.05, 0) is 30.0 Å². The minimum Gasteiger partial charge on any atom is -0.344 e. The third-order valence-electron chi connectivity index (χ3n) is 5.31. The third-order valence-corrected chi connectivity index (χ3v) is 5.31. The van der Waals surface area contributed by atoms with Crippen molar-refractivity contribution in [3.05, 3.63) is 47.7 Å². The van der Waals surface area contributed by atoms with E-state index in [4.69, 9.17) is 0 Å². The summed E-state index contributed by atoms with van der Waals surface area (Å²) in [5, 5.41) is 11.7. The zero-order valence-electron chi connectivity index (χ0n) is 18.3. The number of hydrogen-bond acceptors (Lipinski definition) is 4. The van der Waals surface area contributed by atoms with Crippen LogP contribution in [0.3, 0.4) is 0 Å². The van der Waals surface area contributed by atoms with Crippen molar-refractivity contribution >= 4 is 23.5 Å². The topological polar surface area (TPSA) is 107 Å². The van der Waals surface area contributed by atoms with Crippen molar-refractivity contribution in [2.75, 3.05) is 11.9 Å². The molecule has 0 spiro atoms. The van der Waals surface area contributed by atoms with Gasteiger partial charge >= 0.3 is 6.18 Å². The monoisotopic (exact) mass is 465 g/mol. The Balaban J connectivity index is 1.62. The van der Waals surface area contributed by atoms with Gasteiger partial charge in [-0.2, -0.15) is 18.3 Å². The molecule has 2 atom stereocenters. The molecule has 3 N–H and O–H groups in total. The van der Waals surface area contributed by atoms with Gasteiger partial charge in [-0.15, -0.1) is 0 Å². The van der Waals surface area contributed by atoms with Crippen LogP contribution in [0, 0.1) is 11.8 Å². The molecule has 0 bridgehead atoms. The summed E-state index contributed by atoms with van der Waals surface area (Å²) in [6.45, 7) is 3.87. The van der Waals surface area contributed by atoms with Gasteiger partial charge in [0.2, 0.25) is 17.7 Å².